The first kappa shape index (κ1) is 16.0. The lowest BCUT2D eigenvalue weighted by Gasteiger charge is -2.11. The zero-order valence-corrected chi connectivity index (χ0v) is 12.5. The van der Waals surface area contributed by atoms with E-state index in [1.807, 2.05) is 0 Å². The van der Waals surface area contributed by atoms with Crippen molar-refractivity contribution >= 4 is 23.2 Å². The van der Waals surface area contributed by atoms with Crippen molar-refractivity contribution in [2.24, 2.45) is 0 Å². The summed E-state index contributed by atoms with van der Waals surface area (Å²) in [6, 6.07) is 6.20. The number of benzene rings is 2. The van der Waals surface area contributed by atoms with Crippen LogP contribution in [0.25, 0.3) is 0 Å². The summed E-state index contributed by atoms with van der Waals surface area (Å²) in [5.74, 6) is -2.03. The van der Waals surface area contributed by atoms with E-state index in [4.69, 9.17) is 21.1 Å². The second-order valence-electron chi connectivity index (χ2n) is 4.27. The number of anilines is 1. The first-order chi connectivity index (χ1) is 10.5. The summed E-state index contributed by atoms with van der Waals surface area (Å²) in [5, 5.41) is 2.34. The Labute approximate surface area is 130 Å². The number of amides is 1. The molecule has 0 saturated carbocycles. The van der Waals surface area contributed by atoms with E-state index in [9.17, 15) is 13.6 Å². The summed E-state index contributed by atoms with van der Waals surface area (Å²) < 4.78 is 36.4. The second-order valence-corrected chi connectivity index (χ2v) is 4.68. The van der Waals surface area contributed by atoms with Crippen molar-refractivity contribution in [1.82, 2.24) is 0 Å². The number of carbonyl (C=O) groups excluding carboxylic acids is 1. The molecule has 0 bridgehead atoms. The molecule has 0 saturated heterocycles. The molecule has 0 radical (unpaired) electrons. The van der Waals surface area contributed by atoms with Gasteiger partial charge in [-0.25, -0.2) is 8.78 Å². The minimum atomic E-state index is -1.15. The number of hydrogen-bond donors (Lipinski definition) is 1. The summed E-state index contributed by atoms with van der Waals surface area (Å²) >= 11 is 5.76. The standard InChI is InChI=1S/C15H12ClF2NO3/c1-21-13-4-3-8(5-14(13)22-2)19-15(20)9-6-11(17)12(18)7-10(9)16/h3-7H,1-2H3,(H,19,20). The highest BCUT2D eigenvalue weighted by molar-refractivity contribution is 6.34. The van der Waals surface area contributed by atoms with Crippen molar-refractivity contribution in [1.29, 1.82) is 0 Å². The van der Waals surface area contributed by atoms with Crippen molar-refractivity contribution in [3.63, 3.8) is 0 Å². The maximum atomic E-state index is 13.2. The SMILES string of the molecule is COc1ccc(NC(=O)c2cc(F)c(F)cc2Cl)cc1OC. The van der Waals surface area contributed by atoms with Crippen LogP contribution in [-0.2, 0) is 0 Å². The average molecular weight is 328 g/mol. The summed E-state index contributed by atoms with van der Waals surface area (Å²) in [5.41, 5.74) is 0.221. The molecule has 1 amide bonds. The van der Waals surface area contributed by atoms with Crippen LogP contribution in [0.1, 0.15) is 10.4 Å². The fourth-order valence-corrected chi connectivity index (χ4v) is 2.05. The minimum Gasteiger partial charge on any atom is -0.493 e. The molecule has 0 aliphatic rings. The minimum absolute atomic E-state index is 0.171. The van der Waals surface area contributed by atoms with Gasteiger partial charge in [0.2, 0.25) is 0 Å². The Balaban J connectivity index is 2.27. The predicted octanol–water partition coefficient (Wildman–Crippen LogP) is 3.89. The number of rotatable bonds is 4. The molecule has 22 heavy (non-hydrogen) atoms. The van der Waals surface area contributed by atoms with Crippen LogP contribution in [0.15, 0.2) is 30.3 Å². The van der Waals surface area contributed by atoms with Crippen LogP contribution in [0, 0.1) is 11.6 Å². The molecule has 0 fully saturated rings. The van der Waals surface area contributed by atoms with Crippen molar-refractivity contribution in [3.05, 3.63) is 52.6 Å². The maximum Gasteiger partial charge on any atom is 0.257 e. The van der Waals surface area contributed by atoms with Gasteiger partial charge in [0, 0.05) is 11.8 Å². The molecule has 0 heterocycles. The van der Waals surface area contributed by atoms with Gasteiger partial charge in [-0.15, -0.1) is 0 Å². The van der Waals surface area contributed by atoms with Crippen LogP contribution in [0.5, 0.6) is 11.5 Å². The summed E-state index contributed by atoms with van der Waals surface area (Å²) in [6.45, 7) is 0. The van der Waals surface area contributed by atoms with Gasteiger partial charge in [0.25, 0.3) is 5.91 Å². The molecule has 0 aromatic heterocycles. The molecule has 0 atom stereocenters. The Morgan fingerprint density at radius 1 is 1.05 bits per heavy atom. The third kappa shape index (κ3) is 3.28. The van der Waals surface area contributed by atoms with Crippen LogP contribution in [0.4, 0.5) is 14.5 Å². The molecule has 0 spiro atoms. The number of halogens is 3. The number of ether oxygens (including phenoxy) is 2. The molecule has 1 N–H and O–H groups in total. The van der Waals surface area contributed by atoms with Crippen LogP contribution in [0.3, 0.4) is 0 Å². The van der Waals surface area contributed by atoms with E-state index in [0.717, 1.165) is 12.1 Å². The summed E-state index contributed by atoms with van der Waals surface area (Å²) in [7, 11) is 2.94. The van der Waals surface area contributed by atoms with Crippen molar-refractivity contribution in [2.75, 3.05) is 19.5 Å². The van der Waals surface area contributed by atoms with E-state index in [1.54, 1.807) is 12.1 Å². The van der Waals surface area contributed by atoms with Crippen LogP contribution in [0.2, 0.25) is 5.02 Å². The number of hydrogen-bond acceptors (Lipinski definition) is 3. The number of nitrogens with one attached hydrogen (secondary N) is 1. The normalized spacial score (nSPS) is 10.2. The molecular weight excluding hydrogens is 316 g/mol. The highest BCUT2D eigenvalue weighted by atomic mass is 35.5. The first-order valence-electron chi connectivity index (χ1n) is 6.14. The Kier molecular flexibility index (Phi) is 4.82. The number of carbonyl (C=O) groups is 1. The van der Waals surface area contributed by atoms with E-state index in [2.05, 4.69) is 5.32 Å². The van der Waals surface area contributed by atoms with Gasteiger partial charge in [-0.05, 0) is 24.3 Å². The topological polar surface area (TPSA) is 47.6 Å². The van der Waals surface area contributed by atoms with E-state index in [-0.39, 0.29) is 10.6 Å². The molecule has 2 rings (SSSR count). The van der Waals surface area contributed by atoms with E-state index >= 15 is 0 Å². The van der Waals surface area contributed by atoms with Gasteiger partial charge >= 0.3 is 0 Å². The Morgan fingerprint density at radius 2 is 1.68 bits per heavy atom. The highest BCUT2D eigenvalue weighted by Gasteiger charge is 2.16. The third-order valence-corrected chi connectivity index (χ3v) is 3.21. The molecule has 7 heteroatoms. The van der Waals surface area contributed by atoms with Gasteiger partial charge in [0.15, 0.2) is 23.1 Å². The largest absolute Gasteiger partial charge is 0.493 e. The molecule has 2 aromatic rings. The molecule has 116 valence electrons. The van der Waals surface area contributed by atoms with E-state index in [1.165, 1.54) is 20.3 Å². The zero-order chi connectivity index (χ0) is 16.3. The smallest absolute Gasteiger partial charge is 0.257 e. The maximum absolute atomic E-state index is 13.2. The third-order valence-electron chi connectivity index (χ3n) is 2.90. The monoisotopic (exact) mass is 327 g/mol. The van der Waals surface area contributed by atoms with Gasteiger partial charge in [0.1, 0.15) is 0 Å². The zero-order valence-electron chi connectivity index (χ0n) is 11.7. The van der Waals surface area contributed by atoms with Gasteiger partial charge in [-0.1, -0.05) is 11.6 Å². The molecule has 0 unspecified atom stereocenters. The Bertz CT molecular complexity index is 722. The number of methoxy groups -OCH3 is 2. The predicted molar refractivity (Wildman–Crippen MR) is 78.9 cm³/mol. The lowest BCUT2D eigenvalue weighted by Crippen LogP contribution is -2.13. The lowest BCUT2D eigenvalue weighted by molar-refractivity contribution is 0.102. The van der Waals surface area contributed by atoms with Gasteiger partial charge in [-0.3, -0.25) is 4.79 Å². The summed E-state index contributed by atoms with van der Waals surface area (Å²) in [4.78, 5) is 12.1. The fourth-order valence-electron chi connectivity index (χ4n) is 1.81. The van der Waals surface area contributed by atoms with Gasteiger partial charge in [-0.2, -0.15) is 0 Å². The van der Waals surface area contributed by atoms with Crippen LogP contribution >= 0.6 is 11.6 Å². The van der Waals surface area contributed by atoms with Crippen LogP contribution < -0.4 is 14.8 Å². The van der Waals surface area contributed by atoms with Gasteiger partial charge in [0.05, 0.1) is 24.8 Å². The van der Waals surface area contributed by atoms with Crippen LogP contribution in [-0.4, -0.2) is 20.1 Å². The first-order valence-corrected chi connectivity index (χ1v) is 6.52. The lowest BCUT2D eigenvalue weighted by atomic mass is 10.2. The van der Waals surface area contributed by atoms with Crippen molar-refractivity contribution in [3.8, 4) is 11.5 Å². The van der Waals surface area contributed by atoms with Gasteiger partial charge < -0.3 is 14.8 Å². The fraction of sp³-hybridized carbons (Fsp3) is 0.133. The van der Waals surface area contributed by atoms with E-state index < -0.39 is 17.5 Å². The quantitative estimate of drug-likeness (QED) is 0.867. The highest BCUT2D eigenvalue weighted by Crippen LogP contribution is 2.30. The molecule has 4 nitrogen and oxygen atoms in total. The second kappa shape index (κ2) is 6.62. The van der Waals surface area contributed by atoms with Crippen molar-refractivity contribution < 1.29 is 23.0 Å². The Morgan fingerprint density at radius 3 is 2.32 bits per heavy atom. The molecule has 0 aliphatic heterocycles. The molecular formula is C15H12ClF2NO3. The summed E-state index contributed by atoms with van der Waals surface area (Å²) in [6.07, 6.45) is 0. The Hall–Kier alpha value is -2.34. The molecule has 2 aromatic carbocycles. The average Bonchev–Trinajstić information content (AvgIpc) is 2.50. The molecule has 0 aliphatic carbocycles. The van der Waals surface area contributed by atoms with Crippen molar-refractivity contribution in [2.45, 2.75) is 0 Å². The van der Waals surface area contributed by atoms with E-state index in [0.29, 0.717) is 17.2 Å².